The molecule has 1 aliphatic rings. The highest BCUT2D eigenvalue weighted by Crippen LogP contribution is 2.33. The van der Waals surface area contributed by atoms with Crippen LogP contribution in [-0.4, -0.2) is 17.8 Å². The molecule has 0 radical (unpaired) electrons. The Balaban J connectivity index is 1.83. The average Bonchev–Trinajstić information content (AvgIpc) is 3.31. The number of aromatic nitrogens is 1. The molecule has 0 amide bonds. The van der Waals surface area contributed by atoms with E-state index < -0.39 is 0 Å². The van der Waals surface area contributed by atoms with Gasteiger partial charge in [-0.25, -0.2) is 4.98 Å². The highest BCUT2D eigenvalue weighted by Gasteiger charge is 2.22. The van der Waals surface area contributed by atoms with Gasteiger partial charge in [0.2, 0.25) is 0 Å². The summed E-state index contributed by atoms with van der Waals surface area (Å²) in [6.45, 7) is 0.786. The standard InChI is InChI=1S/C16H16ClNOS/c1-20-14-6-4-12(5-7-14)15-8-13(9-18-16(15)17)19-10-11-2-3-11/h4-9,11H,2-3,10H2,1H3. The van der Waals surface area contributed by atoms with Crippen LogP contribution in [-0.2, 0) is 0 Å². The Morgan fingerprint density at radius 1 is 1.30 bits per heavy atom. The summed E-state index contributed by atoms with van der Waals surface area (Å²) in [5, 5.41) is 0.515. The number of ether oxygens (including phenoxy) is 1. The van der Waals surface area contributed by atoms with Crippen molar-refractivity contribution in [3.63, 3.8) is 0 Å². The molecular formula is C16H16ClNOS. The number of hydrogen-bond acceptors (Lipinski definition) is 3. The van der Waals surface area contributed by atoms with Crippen LogP contribution in [0.4, 0.5) is 0 Å². The number of halogens is 1. The third-order valence-electron chi connectivity index (χ3n) is 3.40. The number of rotatable bonds is 5. The fourth-order valence-corrected chi connectivity index (χ4v) is 2.60. The lowest BCUT2D eigenvalue weighted by Crippen LogP contribution is -1.99. The lowest BCUT2D eigenvalue weighted by atomic mass is 10.1. The number of thioether (sulfide) groups is 1. The Morgan fingerprint density at radius 3 is 2.70 bits per heavy atom. The van der Waals surface area contributed by atoms with E-state index in [4.69, 9.17) is 16.3 Å². The molecule has 2 nitrogen and oxygen atoms in total. The van der Waals surface area contributed by atoms with E-state index in [1.807, 2.05) is 6.07 Å². The highest BCUT2D eigenvalue weighted by atomic mass is 35.5. The van der Waals surface area contributed by atoms with Crippen molar-refractivity contribution >= 4 is 23.4 Å². The van der Waals surface area contributed by atoms with E-state index in [0.29, 0.717) is 5.15 Å². The maximum Gasteiger partial charge on any atom is 0.138 e. The van der Waals surface area contributed by atoms with Crippen molar-refractivity contribution in [3.8, 4) is 16.9 Å². The van der Waals surface area contributed by atoms with Crippen LogP contribution in [0.25, 0.3) is 11.1 Å². The van der Waals surface area contributed by atoms with Gasteiger partial charge in [-0.3, -0.25) is 0 Å². The minimum absolute atomic E-state index is 0.515. The molecule has 0 bridgehead atoms. The summed E-state index contributed by atoms with van der Waals surface area (Å²) in [4.78, 5) is 5.47. The molecule has 2 aromatic rings. The predicted octanol–water partition coefficient (Wildman–Crippen LogP) is 4.91. The van der Waals surface area contributed by atoms with Crippen LogP contribution in [0.1, 0.15) is 12.8 Å². The first kappa shape index (κ1) is 13.8. The van der Waals surface area contributed by atoms with Crippen LogP contribution in [0, 0.1) is 5.92 Å². The predicted molar refractivity (Wildman–Crippen MR) is 84.7 cm³/mol. The minimum Gasteiger partial charge on any atom is -0.492 e. The molecule has 0 aliphatic heterocycles. The molecule has 1 saturated carbocycles. The molecule has 4 heteroatoms. The van der Waals surface area contributed by atoms with Crippen molar-refractivity contribution < 1.29 is 4.74 Å². The minimum atomic E-state index is 0.515. The maximum absolute atomic E-state index is 6.21. The number of pyridine rings is 1. The van der Waals surface area contributed by atoms with Gasteiger partial charge >= 0.3 is 0 Å². The molecule has 0 unspecified atom stereocenters. The van der Waals surface area contributed by atoms with Crippen LogP contribution in [0.5, 0.6) is 5.75 Å². The van der Waals surface area contributed by atoms with E-state index >= 15 is 0 Å². The summed E-state index contributed by atoms with van der Waals surface area (Å²) in [6.07, 6.45) is 6.33. The smallest absolute Gasteiger partial charge is 0.138 e. The van der Waals surface area contributed by atoms with Gasteiger partial charge in [-0.05, 0) is 48.8 Å². The number of nitrogens with zero attached hydrogens (tertiary/aromatic N) is 1. The molecule has 0 spiro atoms. The third-order valence-corrected chi connectivity index (χ3v) is 4.44. The summed E-state index contributed by atoms with van der Waals surface area (Å²) in [5.74, 6) is 1.53. The first-order valence-corrected chi connectivity index (χ1v) is 8.29. The van der Waals surface area contributed by atoms with Gasteiger partial charge < -0.3 is 4.74 Å². The Labute approximate surface area is 128 Å². The zero-order valence-electron chi connectivity index (χ0n) is 11.3. The molecule has 104 valence electrons. The molecule has 1 aliphatic carbocycles. The van der Waals surface area contributed by atoms with Gasteiger partial charge in [-0.2, -0.15) is 0 Å². The molecule has 1 fully saturated rings. The Kier molecular flexibility index (Phi) is 4.18. The average molecular weight is 306 g/mol. The Hall–Kier alpha value is -1.19. The van der Waals surface area contributed by atoms with Gasteiger partial charge in [0.05, 0.1) is 12.8 Å². The van der Waals surface area contributed by atoms with E-state index in [2.05, 4.69) is 35.5 Å². The van der Waals surface area contributed by atoms with E-state index in [1.165, 1.54) is 17.7 Å². The zero-order chi connectivity index (χ0) is 13.9. The summed E-state index contributed by atoms with van der Waals surface area (Å²) in [7, 11) is 0. The summed E-state index contributed by atoms with van der Waals surface area (Å²) in [5.41, 5.74) is 1.99. The normalized spacial score (nSPS) is 14.3. The molecule has 0 N–H and O–H groups in total. The van der Waals surface area contributed by atoms with E-state index in [-0.39, 0.29) is 0 Å². The molecule has 1 heterocycles. The van der Waals surface area contributed by atoms with Crippen molar-refractivity contribution in [2.45, 2.75) is 17.7 Å². The summed E-state index contributed by atoms with van der Waals surface area (Å²) >= 11 is 7.93. The quantitative estimate of drug-likeness (QED) is 0.578. The molecule has 0 atom stereocenters. The van der Waals surface area contributed by atoms with E-state index in [0.717, 1.165) is 29.4 Å². The fourth-order valence-electron chi connectivity index (χ4n) is 1.98. The highest BCUT2D eigenvalue weighted by molar-refractivity contribution is 7.98. The summed E-state index contributed by atoms with van der Waals surface area (Å²) < 4.78 is 5.77. The molecule has 1 aromatic carbocycles. The topological polar surface area (TPSA) is 22.1 Å². The molecule has 0 saturated heterocycles. The number of hydrogen-bond donors (Lipinski definition) is 0. The van der Waals surface area contributed by atoms with E-state index in [9.17, 15) is 0 Å². The first-order chi connectivity index (χ1) is 9.76. The lowest BCUT2D eigenvalue weighted by Gasteiger charge is -2.09. The van der Waals surface area contributed by atoms with Gasteiger partial charge in [-0.15, -0.1) is 11.8 Å². The first-order valence-electron chi connectivity index (χ1n) is 6.69. The summed E-state index contributed by atoms with van der Waals surface area (Å²) in [6, 6.07) is 10.3. The Bertz CT molecular complexity index is 596. The van der Waals surface area contributed by atoms with E-state index in [1.54, 1.807) is 18.0 Å². The van der Waals surface area contributed by atoms with Gasteiger partial charge in [0.25, 0.3) is 0 Å². The van der Waals surface area contributed by atoms with Crippen molar-refractivity contribution in [1.29, 1.82) is 0 Å². The van der Waals surface area contributed by atoms with Crippen molar-refractivity contribution in [1.82, 2.24) is 4.98 Å². The van der Waals surface area contributed by atoms with Gasteiger partial charge in [-0.1, -0.05) is 23.7 Å². The number of benzene rings is 1. The second kappa shape index (κ2) is 6.06. The fraction of sp³-hybridized carbons (Fsp3) is 0.312. The molecule has 20 heavy (non-hydrogen) atoms. The Morgan fingerprint density at radius 2 is 2.05 bits per heavy atom. The monoisotopic (exact) mass is 305 g/mol. The van der Waals surface area contributed by atoms with Crippen LogP contribution < -0.4 is 4.74 Å². The maximum atomic E-state index is 6.21. The molecule has 3 rings (SSSR count). The largest absolute Gasteiger partial charge is 0.492 e. The third kappa shape index (κ3) is 3.28. The molecule has 1 aromatic heterocycles. The second-order valence-corrected chi connectivity index (χ2v) is 6.23. The van der Waals surface area contributed by atoms with Gasteiger partial charge in [0.1, 0.15) is 10.9 Å². The van der Waals surface area contributed by atoms with Crippen LogP contribution in [0.3, 0.4) is 0 Å². The van der Waals surface area contributed by atoms with Crippen molar-refractivity contribution in [2.75, 3.05) is 12.9 Å². The second-order valence-electron chi connectivity index (χ2n) is 4.99. The van der Waals surface area contributed by atoms with Gasteiger partial charge in [0, 0.05) is 10.5 Å². The van der Waals surface area contributed by atoms with Crippen LogP contribution >= 0.6 is 23.4 Å². The van der Waals surface area contributed by atoms with Crippen LogP contribution in [0.15, 0.2) is 41.4 Å². The SMILES string of the molecule is CSc1ccc(-c2cc(OCC3CC3)cnc2Cl)cc1. The zero-order valence-corrected chi connectivity index (χ0v) is 12.9. The van der Waals surface area contributed by atoms with Gasteiger partial charge in [0.15, 0.2) is 0 Å². The van der Waals surface area contributed by atoms with Crippen molar-refractivity contribution in [3.05, 3.63) is 41.7 Å². The molecular weight excluding hydrogens is 290 g/mol. The van der Waals surface area contributed by atoms with Crippen LogP contribution in [0.2, 0.25) is 5.15 Å². The lowest BCUT2D eigenvalue weighted by molar-refractivity contribution is 0.299. The van der Waals surface area contributed by atoms with Crippen molar-refractivity contribution in [2.24, 2.45) is 5.92 Å².